The van der Waals surface area contributed by atoms with Crippen molar-refractivity contribution in [2.24, 2.45) is 0 Å². The first-order chi connectivity index (χ1) is 13.6. The van der Waals surface area contributed by atoms with E-state index in [9.17, 15) is 4.79 Å². The highest BCUT2D eigenvalue weighted by Gasteiger charge is 2.37. The number of carbonyl (C=O) groups is 1. The van der Waals surface area contributed by atoms with Gasteiger partial charge in [-0.15, -0.1) is 5.10 Å². The van der Waals surface area contributed by atoms with Crippen LogP contribution in [-0.2, 0) is 4.79 Å². The van der Waals surface area contributed by atoms with Gasteiger partial charge in [-0.05, 0) is 42.7 Å². The number of aromatic nitrogens is 3. The Morgan fingerprint density at radius 3 is 2.82 bits per heavy atom. The fourth-order valence-corrected chi connectivity index (χ4v) is 4.53. The Morgan fingerprint density at radius 2 is 2.00 bits per heavy atom. The van der Waals surface area contributed by atoms with E-state index in [1.807, 2.05) is 53.2 Å². The summed E-state index contributed by atoms with van der Waals surface area (Å²) in [7, 11) is 0. The molecule has 3 aromatic rings. The predicted molar refractivity (Wildman–Crippen MR) is 112 cm³/mol. The van der Waals surface area contributed by atoms with Crippen molar-refractivity contribution in [2.75, 3.05) is 5.32 Å². The number of benzene rings is 2. The van der Waals surface area contributed by atoms with Gasteiger partial charge >= 0.3 is 0 Å². The number of halogens is 2. The van der Waals surface area contributed by atoms with Crippen molar-refractivity contribution in [2.45, 2.75) is 25.3 Å². The molecule has 1 aliphatic carbocycles. The molecule has 0 saturated carbocycles. The van der Waals surface area contributed by atoms with Gasteiger partial charge in [0.1, 0.15) is 6.04 Å². The highest BCUT2D eigenvalue weighted by atomic mass is 79.9. The molecule has 0 radical (unpaired) electrons. The third kappa shape index (κ3) is 2.88. The van der Waals surface area contributed by atoms with E-state index in [1.165, 1.54) is 0 Å². The molecule has 1 aliphatic heterocycles. The number of ketones is 1. The monoisotopic (exact) mass is 454 g/mol. The Balaban J connectivity index is 1.71. The van der Waals surface area contributed by atoms with Crippen LogP contribution in [0, 0.1) is 0 Å². The van der Waals surface area contributed by atoms with Crippen LogP contribution in [0.4, 0.5) is 5.95 Å². The average molecular weight is 456 g/mol. The number of hydrogen-bond donors (Lipinski definition) is 1. The fraction of sp³-hybridized carbons (Fsp3) is 0.190. The second-order valence-electron chi connectivity index (χ2n) is 6.93. The van der Waals surface area contributed by atoms with Crippen LogP contribution in [-0.4, -0.2) is 20.5 Å². The fourth-order valence-electron chi connectivity index (χ4n) is 3.90. The summed E-state index contributed by atoms with van der Waals surface area (Å²) in [5.74, 6) is 1.34. The van der Waals surface area contributed by atoms with Crippen LogP contribution in [0.15, 0.2) is 64.3 Å². The zero-order chi connectivity index (χ0) is 19.3. The zero-order valence-electron chi connectivity index (χ0n) is 14.8. The van der Waals surface area contributed by atoms with E-state index in [1.54, 1.807) is 0 Å². The molecule has 0 amide bonds. The topological polar surface area (TPSA) is 59.8 Å². The number of rotatable bonds is 2. The summed E-state index contributed by atoms with van der Waals surface area (Å²) in [6.07, 6.45) is 2.24. The summed E-state index contributed by atoms with van der Waals surface area (Å²) in [5.41, 5.74) is 3.50. The molecule has 2 aliphatic rings. The minimum Gasteiger partial charge on any atom is -0.328 e. The Morgan fingerprint density at radius 1 is 1.14 bits per heavy atom. The first-order valence-electron chi connectivity index (χ1n) is 9.12. The lowest BCUT2D eigenvalue weighted by molar-refractivity contribution is -0.116. The molecule has 5 rings (SSSR count). The minimum atomic E-state index is -0.305. The maximum absolute atomic E-state index is 12.8. The maximum Gasteiger partial charge on any atom is 0.226 e. The van der Waals surface area contributed by atoms with Gasteiger partial charge in [-0.1, -0.05) is 51.8 Å². The number of anilines is 1. The number of allylic oxidation sites excluding steroid dienone is 2. The van der Waals surface area contributed by atoms with Crippen LogP contribution in [0.2, 0.25) is 5.02 Å². The van der Waals surface area contributed by atoms with E-state index >= 15 is 0 Å². The van der Waals surface area contributed by atoms with E-state index in [4.69, 9.17) is 21.7 Å². The van der Waals surface area contributed by atoms with Gasteiger partial charge in [0.15, 0.2) is 11.6 Å². The highest BCUT2D eigenvalue weighted by Crippen LogP contribution is 2.41. The number of carbonyl (C=O) groups excluding carboxylic acids is 1. The molecule has 0 fully saturated rings. The predicted octanol–water partition coefficient (Wildman–Crippen LogP) is 5.38. The molecular weight excluding hydrogens is 440 g/mol. The van der Waals surface area contributed by atoms with E-state index in [0.717, 1.165) is 39.7 Å². The van der Waals surface area contributed by atoms with Crippen molar-refractivity contribution in [3.8, 4) is 11.4 Å². The van der Waals surface area contributed by atoms with Crippen molar-refractivity contribution in [3.63, 3.8) is 0 Å². The second-order valence-corrected chi connectivity index (χ2v) is 8.26. The maximum atomic E-state index is 12.8. The number of nitrogens with one attached hydrogen (secondary N) is 1. The Labute approximate surface area is 175 Å². The van der Waals surface area contributed by atoms with E-state index in [0.29, 0.717) is 23.2 Å². The van der Waals surface area contributed by atoms with Gasteiger partial charge < -0.3 is 5.32 Å². The molecule has 0 bridgehead atoms. The van der Waals surface area contributed by atoms with Crippen molar-refractivity contribution in [1.82, 2.24) is 14.8 Å². The molecule has 1 N–H and O–H groups in total. The highest BCUT2D eigenvalue weighted by molar-refractivity contribution is 9.10. The van der Waals surface area contributed by atoms with Gasteiger partial charge in [0.25, 0.3) is 0 Å². The van der Waals surface area contributed by atoms with E-state index in [2.05, 4.69) is 21.2 Å². The van der Waals surface area contributed by atoms with Gasteiger partial charge in [0, 0.05) is 27.7 Å². The molecular formula is C21H16BrClN4O. The molecule has 28 heavy (non-hydrogen) atoms. The molecule has 1 atom stereocenters. The van der Waals surface area contributed by atoms with Gasteiger partial charge in [-0.2, -0.15) is 4.98 Å². The van der Waals surface area contributed by atoms with Crippen molar-refractivity contribution in [3.05, 3.63) is 74.9 Å². The van der Waals surface area contributed by atoms with Crippen molar-refractivity contribution < 1.29 is 4.79 Å². The summed E-state index contributed by atoms with van der Waals surface area (Å²) >= 11 is 9.91. The molecule has 1 aromatic heterocycles. The Hall–Kier alpha value is -2.44. The van der Waals surface area contributed by atoms with Crippen LogP contribution in [0.3, 0.4) is 0 Å². The standard InChI is InChI=1S/C21H16BrClN4O/c22-13-6-3-5-12(11-13)19-18-16(9-4-10-17(18)28)24-21-25-20(26-27(19)21)14-7-1-2-8-15(14)23/h1-3,5-8,11,19H,4,9-10H2,(H,24,25,26)/t19-/m1/s1. The van der Waals surface area contributed by atoms with Crippen LogP contribution in [0.5, 0.6) is 0 Å². The minimum absolute atomic E-state index is 0.166. The molecule has 2 heterocycles. The van der Waals surface area contributed by atoms with Gasteiger partial charge in [-0.3, -0.25) is 4.79 Å². The molecule has 0 spiro atoms. The van der Waals surface area contributed by atoms with E-state index < -0.39 is 0 Å². The van der Waals surface area contributed by atoms with Crippen molar-refractivity contribution in [1.29, 1.82) is 0 Å². The summed E-state index contributed by atoms with van der Waals surface area (Å²) in [6, 6.07) is 15.2. The van der Waals surface area contributed by atoms with Gasteiger partial charge in [0.05, 0.1) is 5.02 Å². The summed E-state index contributed by atoms with van der Waals surface area (Å²) in [4.78, 5) is 17.5. The van der Waals surface area contributed by atoms with Crippen molar-refractivity contribution >= 4 is 39.3 Å². The number of Topliss-reactive ketones (excluding diaryl/α,β-unsaturated/α-hetero) is 1. The SMILES string of the molecule is O=C1CCCC2=C1[C@@H](c1cccc(Br)c1)n1nc(-c3ccccc3Cl)nc1N2. The summed E-state index contributed by atoms with van der Waals surface area (Å²) in [5, 5.41) is 8.69. The largest absolute Gasteiger partial charge is 0.328 e. The lowest BCUT2D eigenvalue weighted by Gasteiger charge is -2.32. The lowest BCUT2D eigenvalue weighted by atomic mass is 9.85. The Kier molecular flexibility index (Phi) is 4.33. The zero-order valence-corrected chi connectivity index (χ0v) is 17.2. The molecule has 5 nitrogen and oxygen atoms in total. The summed E-state index contributed by atoms with van der Waals surface area (Å²) < 4.78 is 2.77. The van der Waals surface area contributed by atoms with Gasteiger partial charge in [-0.25, -0.2) is 4.68 Å². The van der Waals surface area contributed by atoms with Crippen LogP contribution >= 0.6 is 27.5 Å². The average Bonchev–Trinajstić information content (AvgIpc) is 3.10. The normalized spacial score (nSPS) is 18.5. The number of nitrogens with zero attached hydrogens (tertiary/aromatic N) is 3. The third-order valence-electron chi connectivity index (χ3n) is 5.15. The first kappa shape index (κ1) is 17.6. The first-order valence-corrected chi connectivity index (χ1v) is 10.3. The third-order valence-corrected chi connectivity index (χ3v) is 5.97. The number of fused-ring (bicyclic) bond motifs is 1. The molecule has 2 aromatic carbocycles. The molecule has 0 saturated heterocycles. The van der Waals surface area contributed by atoms with Crippen LogP contribution in [0.1, 0.15) is 30.9 Å². The molecule has 0 unspecified atom stereocenters. The van der Waals surface area contributed by atoms with Crippen LogP contribution in [0.25, 0.3) is 11.4 Å². The quantitative estimate of drug-likeness (QED) is 0.563. The summed E-state index contributed by atoms with van der Waals surface area (Å²) in [6.45, 7) is 0. The lowest BCUT2D eigenvalue weighted by Crippen LogP contribution is -2.31. The Bertz CT molecular complexity index is 1140. The van der Waals surface area contributed by atoms with E-state index in [-0.39, 0.29) is 11.8 Å². The smallest absolute Gasteiger partial charge is 0.226 e. The molecule has 7 heteroatoms. The number of hydrogen-bond acceptors (Lipinski definition) is 4. The van der Waals surface area contributed by atoms with Gasteiger partial charge in [0.2, 0.25) is 5.95 Å². The second kappa shape index (κ2) is 6.87. The van der Waals surface area contributed by atoms with Crippen LogP contribution < -0.4 is 5.32 Å². The molecule has 140 valence electrons.